The van der Waals surface area contributed by atoms with E-state index in [2.05, 4.69) is 20.3 Å². The predicted octanol–water partition coefficient (Wildman–Crippen LogP) is 3.35. The Morgan fingerprint density at radius 3 is 2.85 bits per heavy atom. The number of ether oxygens (including phenoxy) is 1. The molecular formula is C19H17N5O3. The molecular weight excluding hydrogens is 346 g/mol. The van der Waals surface area contributed by atoms with Gasteiger partial charge in [0.2, 0.25) is 0 Å². The van der Waals surface area contributed by atoms with Gasteiger partial charge in [0.05, 0.1) is 6.33 Å². The van der Waals surface area contributed by atoms with Crippen LogP contribution in [0.15, 0.2) is 58.3 Å². The second kappa shape index (κ2) is 6.81. The minimum Gasteiger partial charge on any atom is -0.372 e. The van der Waals surface area contributed by atoms with E-state index in [0.29, 0.717) is 23.7 Å². The highest BCUT2D eigenvalue weighted by molar-refractivity contribution is 5.55. The van der Waals surface area contributed by atoms with Crippen LogP contribution in [0.1, 0.15) is 36.0 Å². The van der Waals surface area contributed by atoms with Crippen molar-refractivity contribution in [2.75, 3.05) is 6.61 Å². The fourth-order valence-corrected chi connectivity index (χ4v) is 3.25. The number of hydrogen-bond donors (Lipinski definition) is 0. The summed E-state index contributed by atoms with van der Waals surface area (Å²) in [7, 11) is 0. The lowest BCUT2D eigenvalue weighted by Crippen LogP contribution is -1.98. The summed E-state index contributed by atoms with van der Waals surface area (Å²) in [5, 5.41) is 8.16. The van der Waals surface area contributed by atoms with Crippen molar-refractivity contribution in [2.24, 2.45) is 0 Å². The second-order valence-electron chi connectivity index (χ2n) is 6.44. The first-order valence-corrected chi connectivity index (χ1v) is 8.83. The number of aromatic nitrogens is 5. The van der Waals surface area contributed by atoms with E-state index in [9.17, 15) is 0 Å². The molecule has 1 unspecified atom stereocenters. The Balaban J connectivity index is 1.33. The molecule has 4 heterocycles. The fourth-order valence-electron chi connectivity index (χ4n) is 3.25. The summed E-state index contributed by atoms with van der Waals surface area (Å²) in [6.45, 7) is 0.737. The largest absolute Gasteiger partial charge is 0.372 e. The molecule has 0 spiro atoms. The molecule has 1 aliphatic rings. The van der Waals surface area contributed by atoms with Crippen molar-refractivity contribution in [3.05, 3.63) is 66.3 Å². The summed E-state index contributed by atoms with van der Waals surface area (Å²) in [6, 6.07) is 8.16. The summed E-state index contributed by atoms with van der Waals surface area (Å²) >= 11 is 0. The predicted molar refractivity (Wildman–Crippen MR) is 94.1 cm³/mol. The van der Waals surface area contributed by atoms with Crippen LogP contribution in [-0.2, 0) is 11.2 Å². The van der Waals surface area contributed by atoms with E-state index in [0.717, 1.165) is 36.4 Å². The van der Waals surface area contributed by atoms with Gasteiger partial charge in [0.1, 0.15) is 23.6 Å². The molecule has 1 aromatic carbocycles. The highest BCUT2D eigenvalue weighted by atomic mass is 16.5. The Kier molecular flexibility index (Phi) is 4.02. The first-order chi connectivity index (χ1) is 13.4. The highest BCUT2D eigenvalue weighted by Crippen LogP contribution is 2.34. The summed E-state index contributed by atoms with van der Waals surface area (Å²) < 4.78 is 18.2. The SMILES string of the molecule is c1cn(-c2ccc(Cc3noc(-c4conc4C4CCCO4)n3)cc2)cn1. The normalized spacial score (nSPS) is 16.8. The first kappa shape index (κ1) is 16.0. The summed E-state index contributed by atoms with van der Waals surface area (Å²) in [5.41, 5.74) is 3.58. The summed E-state index contributed by atoms with van der Waals surface area (Å²) in [5.74, 6) is 1.02. The Morgan fingerprint density at radius 2 is 2.07 bits per heavy atom. The Morgan fingerprint density at radius 1 is 1.15 bits per heavy atom. The van der Waals surface area contributed by atoms with Crippen LogP contribution in [0.5, 0.6) is 0 Å². The third-order valence-electron chi connectivity index (χ3n) is 4.63. The molecule has 0 bridgehead atoms. The van der Waals surface area contributed by atoms with Crippen molar-refractivity contribution in [3.63, 3.8) is 0 Å². The lowest BCUT2D eigenvalue weighted by molar-refractivity contribution is 0.106. The third-order valence-corrected chi connectivity index (χ3v) is 4.63. The van der Waals surface area contributed by atoms with E-state index < -0.39 is 0 Å². The molecule has 136 valence electrons. The molecule has 3 aromatic heterocycles. The van der Waals surface area contributed by atoms with Crippen LogP contribution in [0, 0.1) is 0 Å². The maximum Gasteiger partial charge on any atom is 0.263 e. The molecule has 1 aliphatic heterocycles. The van der Waals surface area contributed by atoms with Crippen LogP contribution in [-0.4, -0.2) is 31.5 Å². The standard InChI is InChI=1S/C19H17N5O3/c1-2-16(25-9-1)18-15(11-26-23-18)19-21-17(22-27-19)10-13-3-5-14(6-4-13)24-8-7-20-12-24/h3-8,11-12,16H,1-2,9-10H2. The molecule has 0 radical (unpaired) electrons. The number of imidazole rings is 1. The zero-order valence-electron chi connectivity index (χ0n) is 14.5. The van der Waals surface area contributed by atoms with Gasteiger partial charge in [-0.05, 0) is 30.5 Å². The van der Waals surface area contributed by atoms with Gasteiger partial charge in [0, 0.05) is 31.1 Å². The number of rotatable bonds is 5. The third kappa shape index (κ3) is 3.15. The molecule has 27 heavy (non-hydrogen) atoms. The van der Waals surface area contributed by atoms with Gasteiger partial charge in [-0.2, -0.15) is 4.98 Å². The lowest BCUT2D eigenvalue weighted by Gasteiger charge is -2.05. The van der Waals surface area contributed by atoms with Gasteiger partial charge in [-0.15, -0.1) is 0 Å². The topological polar surface area (TPSA) is 92.0 Å². The van der Waals surface area contributed by atoms with E-state index >= 15 is 0 Å². The van der Waals surface area contributed by atoms with Gasteiger partial charge < -0.3 is 18.4 Å². The van der Waals surface area contributed by atoms with Crippen molar-refractivity contribution in [3.8, 4) is 17.1 Å². The Hall–Kier alpha value is -3.26. The van der Waals surface area contributed by atoms with Gasteiger partial charge in [0.15, 0.2) is 5.82 Å². The van der Waals surface area contributed by atoms with E-state index in [1.165, 1.54) is 6.26 Å². The average molecular weight is 363 g/mol. The molecule has 0 N–H and O–H groups in total. The van der Waals surface area contributed by atoms with Crippen LogP contribution in [0.3, 0.4) is 0 Å². The zero-order valence-corrected chi connectivity index (χ0v) is 14.5. The fraction of sp³-hybridized carbons (Fsp3) is 0.263. The smallest absolute Gasteiger partial charge is 0.263 e. The number of nitrogens with zero attached hydrogens (tertiary/aromatic N) is 5. The molecule has 0 aliphatic carbocycles. The van der Waals surface area contributed by atoms with E-state index in [1.807, 2.05) is 35.0 Å². The minimum absolute atomic E-state index is 0.0650. The molecule has 5 rings (SSSR count). The summed E-state index contributed by atoms with van der Waals surface area (Å²) in [4.78, 5) is 8.56. The molecule has 4 aromatic rings. The van der Waals surface area contributed by atoms with Crippen LogP contribution in [0.25, 0.3) is 17.1 Å². The highest BCUT2D eigenvalue weighted by Gasteiger charge is 2.27. The van der Waals surface area contributed by atoms with Crippen molar-refractivity contribution in [1.29, 1.82) is 0 Å². The molecule has 1 atom stereocenters. The molecule has 0 saturated carbocycles. The van der Waals surface area contributed by atoms with E-state index in [1.54, 1.807) is 12.5 Å². The van der Waals surface area contributed by atoms with Gasteiger partial charge >= 0.3 is 0 Å². The summed E-state index contributed by atoms with van der Waals surface area (Å²) in [6.07, 6.45) is 9.42. The Labute approximate surface area is 154 Å². The van der Waals surface area contributed by atoms with Crippen molar-refractivity contribution < 1.29 is 13.8 Å². The molecule has 1 saturated heterocycles. The van der Waals surface area contributed by atoms with Crippen LogP contribution < -0.4 is 0 Å². The van der Waals surface area contributed by atoms with Gasteiger partial charge in [0.25, 0.3) is 5.89 Å². The van der Waals surface area contributed by atoms with E-state index in [4.69, 9.17) is 13.8 Å². The number of benzene rings is 1. The lowest BCUT2D eigenvalue weighted by atomic mass is 10.1. The Bertz CT molecular complexity index is 1010. The van der Waals surface area contributed by atoms with Crippen molar-refractivity contribution in [1.82, 2.24) is 24.8 Å². The maximum atomic E-state index is 5.68. The quantitative estimate of drug-likeness (QED) is 0.537. The van der Waals surface area contributed by atoms with Crippen LogP contribution >= 0.6 is 0 Å². The first-order valence-electron chi connectivity index (χ1n) is 8.83. The zero-order chi connectivity index (χ0) is 18.1. The molecule has 8 heteroatoms. The average Bonchev–Trinajstić information content (AvgIpc) is 3.49. The van der Waals surface area contributed by atoms with Gasteiger partial charge in [-0.3, -0.25) is 0 Å². The van der Waals surface area contributed by atoms with Crippen LogP contribution in [0.2, 0.25) is 0 Å². The van der Waals surface area contributed by atoms with Gasteiger partial charge in [-0.1, -0.05) is 22.4 Å². The number of hydrogen-bond acceptors (Lipinski definition) is 7. The second-order valence-corrected chi connectivity index (χ2v) is 6.44. The minimum atomic E-state index is -0.0650. The van der Waals surface area contributed by atoms with E-state index in [-0.39, 0.29) is 6.10 Å². The molecule has 1 fully saturated rings. The molecule has 0 amide bonds. The van der Waals surface area contributed by atoms with Crippen LogP contribution in [0.4, 0.5) is 0 Å². The molecule has 8 nitrogen and oxygen atoms in total. The monoisotopic (exact) mass is 363 g/mol. The van der Waals surface area contributed by atoms with Gasteiger partial charge in [-0.25, -0.2) is 4.98 Å². The van der Waals surface area contributed by atoms with Crippen molar-refractivity contribution >= 4 is 0 Å². The van der Waals surface area contributed by atoms with Crippen molar-refractivity contribution in [2.45, 2.75) is 25.4 Å². The maximum absolute atomic E-state index is 5.68.